The average Bonchev–Trinajstić information content (AvgIpc) is 3.11. The van der Waals surface area contributed by atoms with Crippen molar-refractivity contribution in [3.05, 3.63) is 121 Å². The molecule has 3 rings (SSSR count). The number of unbranched alkanes of at least 4 members (excludes halogenated alkanes) is 2. The molecule has 3 aromatic carbocycles. The molecule has 0 fully saturated rings. The summed E-state index contributed by atoms with van der Waals surface area (Å²) in [5.74, 6) is -0.0518. The summed E-state index contributed by atoms with van der Waals surface area (Å²) in [6, 6.07) is 20.5. The highest BCUT2D eigenvalue weighted by atomic mass is 16.5. The summed E-state index contributed by atoms with van der Waals surface area (Å²) in [5, 5.41) is 0. The maximum absolute atomic E-state index is 12.3. The molecule has 0 saturated heterocycles. The summed E-state index contributed by atoms with van der Waals surface area (Å²) in [6.07, 6.45) is 11.0. The Bertz CT molecular complexity index is 1430. The lowest BCUT2D eigenvalue weighted by atomic mass is 10.2. The minimum Gasteiger partial charge on any atom is -0.494 e. The van der Waals surface area contributed by atoms with Crippen molar-refractivity contribution < 1.29 is 47.6 Å². The van der Waals surface area contributed by atoms with Gasteiger partial charge in [0, 0.05) is 24.3 Å². The lowest BCUT2D eigenvalue weighted by Crippen LogP contribution is -2.05. The Balaban J connectivity index is 1.33. The van der Waals surface area contributed by atoms with Crippen LogP contribution in [0.25, 0.3) is 12.2 Å². The summed E-state index contributed by atoms with van der Waals surface area (Å²) in [4.78, 5) is 46.6. The highest BCUT2D eigenvalue weighted by Gasteiger charge is 2.05. The van der Waals surface area contributed by atoms with Crippen molar-refractivity contribution in [2.24, 2.45) is 0 Å². The van der Waals surface area contributed by atoms with Crippen LogP contribution in [0.2, 0.25) is 0 Å². The average molecular weight is 655 g/mol. The fourth-order valence-corrected chi connectivity index (χ4v) is 3.81. The minimum absolute atomic E-state index is 0.293. The molecule has 0 radical (unpaired) electrons. The van der Waals surface area contributed by atoms with Crippen LogP contribution in [0.5, 0.6) is 23.0 Å². The van der Waals surface area contributed by atoms with E-state index in [9.17, 15) is 19.2 Å². The van der Waals surface area contributed by atoms with Crippen LogP contribution < -0.4 is 18.9 Å². The van der Waals surface area contributed by atoms with Gasteiger partial charge in [0.15, 0.2) is 0 Å². The highest BCUT2D eigenvalue weighted by molar-refractivity contribution is 5.89. The Labute approximate surface area is 279 Å². The van der Waals surface area contributed by atoms with Gasteiger partial charge in [0.1, 0.15) is 23.0 Å². The van der Waals surface area contributed by atoms with Gasteiger partial charge in [-0.15, -0.1) is 0 Å². The molecule has 0 spiro atoms. The molecule has 250 valence electrons. The molecule has 10 nitrogen and oxygen atoms in total. The molecule has 0 heterocycles. The Hall–Kier alpha value is -5.90. The molecule has 48 heavy (non-hydrogen) atoms. The maximum Gasteiger partial charge on any atom is 0.336 e. The molecule has 0 saturated carbocycles. The third-order valence-corrected chi connectivity index (χ3v) is 6.28. The Kier molecular flexibility index (Phi) is 16.0. The van der Waals surface area contributed by atoms with Crippen molar-refractivity contribution >= 4 is 36.0 Å². The molecule has 0 atom stereocenters. The Morgan fingerprint density at radius 1 is 0.458 bits per heavy atom. The van der Waals surface area contributed by atoms with Crippen LogP contribution in [0.4, 0.5) is 0 Å². The quantitative estimate of drug-likeness (QED) is 0.0563. The third-order valence-electron chi connectivity index (χ3n) is 6.28. The van der Waals surface area contributed by atoms with E-state index in [-0.39, 0.29) is 0 Å². The van der Waals surface area contributed by atoms with Gasteiger partial charge in [0.25, 0.3) is 0 Å². The van der Waals surface area contributed by atoms with Gasteiger partial charge in [-0.05, 0) is 97.5 Å². The minimum atomic E-state index is -0.567. The highest BCUT2D eigenvalue weighted by Crippen LogP contribution is 2.19. The molecular weight excluding hydrogens is 616 g/mol. The molecule has 0 aliphatic heterocycles. The molecule has 3 aromatic rings. The summed E-state index contributed by atoms with van der Waals surface area (Å²) in [6.45, 7) is 8.29. The van der Waals surface area contributed by atoms with Crippen molar-refractivity contribution in [3.63, 3.8) is 0 Å². The number of hydrogen-bond acceptors (Lipinski definition) is 10. The van der Waals surface area contributed by atoms with Crippen LogP contribution in [0.15, 0.2) is 110 Å². The second-order valence-corrected chi connectivity index (χ2v) is 9.97. The Morgan fingerprint density at radius 2 is 0.792 bits per heavy atom. The van der Waals surface area contributed by atoms with Crippen LogP contribution in [-0.4, -0.2) is 50.3 Å². The molecule has 0 N–H and O–H groups in total. The van der Waals surface area contributed by atoms with Gasteiger partial charge in [-0.2, -0.15) is 0 Å². The van der Waals surface area contributed by atoms with Gasteiger partial charge in [-0.1, -0.05) is 37.4 Å². The van der Waals surface area contributed by atoms with E-state index in [2.05, 4.69) is 13.2 Å². The molecule has 0 amide bonds. The first kappa shape index (κ1) is 36.6. The Morgan fingerprint density at radius 3 is 1.15 bits per heavy atom. The van der Waals surface area contributed by atoms with Gasteiger partial charge >= 0.3 is 23.9 Å². The van der Waals surface area contributed by atoms with E-state index in [0.29, 0.717) is 62.3 Å². The van der Waals surface area contributed by atoms with Gasteiger partial charge in [0.2, 0.25) is 0 Å². The number of carbonyl (C=O) groups is 4. The van der Waals surface area contributed by atoms with Crippen molar-refractivity contribution in [3.8, 4) is 23.0 Å². The van der Waals surface area contributed by atoms with Gasteiger partial charge in [0.05, 0.1) is 26.4 Å². The lowest BCUT2D eigenvalue weighted by Gasteiger charge is -2.07. The first-order valence-corrected chi connectivity index (χ1v) is 15.3. The van der Waals surface area contributed by atoms with Crippen molar-refractivity contribution in [1.82, 2.24) is 0 Å². The van der Waals surface area contributed by atoms with E-state index >= 15 is 0 Å². The molecule has 0 aromatic heterocycles. The summed E-state index contributed by atoms with van der Waals surface area (Å²) < 4.78 is 31.8. The van der Waals surface area contributed by atoms with E-state index < -0.39 is 23.9 Å². The van der Waals surface area contributed by atoms with Gasteiger partial charge < -0.3 is 28.4 Å². The molecule has 0 unspecified atom stereocenters. The second kappa shape index (κ2) is 21.0. The first-order chi connectivity index (χ1) is 23.3. The van der Waals surface area contributed by atoms with Crippen LogP contribution in [-0.2, 0) is 28.7 Å². The largest absolute Gasteiger partial charge is 0.494 e. The van der Waals surface area contributed by atoms with E-state index in [1.54, 1.807) is 36.4 Å². The summed E-state index contributed by atoms with van der Waals surface area (Å²) >= 11 is 0. The van der Waals surface area contributed by atoms with Gasteiger partial charge in [-0.25, -0.2) is 19.2 Å². The number of esters is 4. The number of rotatable bonds is 20. The number of ether oxygens (including phenoxy) is 6. The molecule has 0 bridgehead atoms. The number of benzene rings is 3. The normalized spacial score (nSPS) is 10.7. The summed E-state index contributed by atoms with van der Waals surface area (Å²) in [7, 11) is 0. The smallest absolute Gasteiger partial charge is 0.336 e. The number of hydrogen-bond donors (Lipinski definition) is 0. The zero-order chi connectivity index (χ0) is 34.4. The lowest BCUT2D eigenvalue weighted by molar-refractivity contribution is -0.138. The third kappa shape index (κ3) is 14.9. The number of carbonyl (C=O) groups excluding carboxylic acids is 4. The fourth-order valence-electron chi connectivity index (χ4n) is 3.81. The van der Waals surface area contributed by atoms with E-state index in [1.807, 2.05) is 24.3 Å². The molecule has 0 aliphatic rings. The van der Waals surface area contributed by atoms with E-state index in [0.717, 1.165) is 36.1 Å². The standard InChI is InChI=1S/C38H38O10/c1-3-35(39)45-27-7-5-25-43-31-15-9-29(10-16-31)13-23-37(41)47-33-19-21-34(22-20-33)48-38(42)24-14-30-11-17-32(18-12-30)44-26-6-8-28-46-36(40)4-2/h3-4,9-24H,1-2,5-8,25-28H2. The first-order valence-electron chi connectivity index (χ1n) is 15.3. The van der Waals surface area contributed by atoms with Crippen LogP contribution in [0, 0.1) is 0 Å². The summed E-state index contributed by atoms with van der Waals surface area (Å²) in [5.41, 5.74) is 1.57. The zero-order valence-electron chi connectivity index (χ0n) is 26.5. The van der Waals surface area contributed by atoms with Crippen LogP contribution >= 0.6 is 0 Å². The fraction of sp³-hybridized carbons (Fsp3) is 0.211. The maximum atomic E-state index is 12.3. The molecule has 10 heteroatoms. The van der Waals surface area contributed by atoms with Crippen molar-refractivity contribution in [1.29, 1.82) is 0 Å². The predicted molar refractivity (Wildman–Crippen MR) is 180 cm³/mol. The van der Waals surface area contributed by atoms with Crippen molar-refractivity contribution in [2.45, 2.75) is 25.7 Å². The van der Waals surface area contributed by atoms with Gasteiger partial charge in [-0.3, -0.25) is 0 Å². The van der Waals surface area contributed by atoms with Crippen LogP contribution in [0.1, 0.15) is 36.8 Å². The zero-order valence-corrected chi connectivity index (χ0v) is 26.5. The van der Waals surface area contributed by atoms with Crippen molar-refractivity contribution in [2.75, 3.05) is 26.4 Å². The van der Waals surface area contributed by atoms with E-state index in [1.165, 1.54) is 36.4 Å². The molecule has 0 aliphatic carbocycles. The molecular formula is C38H38O10. The van der Waals surface area contributed by atoms with E-state index in [4.69, 9.17) is 28.4 Å². The SMILES string of the molecule is C=CC(=O)OCCCCOc1ccc(C=CC(=O)Oc2ccc(OC(=O)C=Cc3ccc(OCCCCOC(=O)C=C)cc3)cc2)cc1. The van der Waals surface area contributed by atoms with Crippen LogP contribution in [0.3, 0.4) is 0 Å². The monoisotopic (exact) mass is 654 g/mol. The topological polar surface area (TPSA) is 124 Å². The predicted octanol–water partition coefficient (Wildman–Crippen LogP) is 6.70. The second-order valence-electron chi connectivity index (χ2n) is 9.97.